The number of amides is 2. The molecule has 316 valence electrons. The van der Waals surface area contributed by atoms with Gasteiger partial charge in [0, 0.05) is 65.2 Å². The third-order valence-electron chi connectivity index (χ3n) is 6.80. The van der Waals surface area contributed by atoms with Crippen molar-refractivity contribution in [3.05, 3.63) is 0 Å². The number of hydroxylamine groups is 2. The number of halogens is 6. The van der Waals surface area contributed by atoms with Gasteiger partial charge in [0.2, 0.25) is 0 Å². The molecular formula is C32H56F6N5O10P. The number of hydrogen-bond acceptors (Lipinski definition) is 14. The van der Waals surface area contributed by atoms with E-state index in [2.05, 4.69) is 0 Å². The van der Waals surface area contributed by atoms with Crippen LogP contribution in [0.1, 0.15) is 76.6 Å². The summed E-state index contributed by atoms with van der Waals surface area (Å²) in [4.78, 5) is 87.9. The Hall–Kier alpha value is -3.13. The van der Waals surface area contributed by atoms with Gasteiger partial charge in [-0.1, -0.05) is 0 Å². The molecule has 2 aliphatic rings. The van der Waals surface area contributed by atoms with Gasteiger partial charge in [0.05, 0.1) is 26.2 Å². The normalized spacial score (nSPS) is 19.6. The van der Waals surface area contributed by atoms with E-state index >= 15 is 0 Å². The van der Waals surface area contributed by atoms with Gasteiger partial charge in [0.25, 0.3) is 11.8 Å². The Bertz CT molecular complexity index is 1290. The average molecular weight is 816 g/mol. The molecule has 0 aliphatic carbocycles. The Morgan fingerprint density at radius 1 is 0.500 bits per heavy atom. The minimum absolute atomic E-state index is 0. The predicted molar refractivity (Wildman–Crippen MR) is 185 cm³/mol. The fourth-order valence-corrected chi connectivity index (χ4v) is 4.85. The molecule has 2 rings (SSSR count). The summed E-state index contributed by atoms with van der Waals surface area (Å²) in [5.41, 5.74) is -2.01. The van der Waals surface area contributed by atoms with E-state index in [9.17, 15) is 53.9 Å². The van der Waals surface area contributed by atoms with E-state index in [0.717, 1.165) is 0 Å². The van der Waals surface area contributed by atoms with Gasteiger partial charge >= 0.3 is 58.3 Å². The number of carbonyl (C=O) groups excluding carboxylic acids is 6. The molecule has 0 aromatic rings. The van der Waals surface area contributed by atoms with Crippen LogP contribution in [0.25, 0.3) is 0 Å². The van der Waals surface area contributed by atoms with Crippen LogP contribution >= 0.6 is 7.81 Å². The van der Waals surface area contributed by atoms with E-state index in [1.807, 2.05) is 14.7 Å². The Kier molecular flexibility index (Phi) is 16.5. The summed E-state index contributed by atoms with van der Waals surface area (Å²) in [5, 5.41) is 0.516. The summed E-state index contributed by atoms with van der Waals surface area (Å²) in [6.07, 6.45) is -0.0277. The van der Waals surface area contributed by atoms with Gasteiger partial charge in [-0.25, -0.2) is 4.79 Å². The first-order valence-electron chi connectivity index (χ1n) is 17.2. The molecule has 0 bridgehead atoms. The molecule has 0 radical (unpaired) electrons. The quantitative estimate of drug-likeness (QED) is 0.107. The third kappa shape index (κ3) is 26.6. The Morgan fingerprint density at radius 2 is 0.704 bits per heavy atom. The van der Waals surface area contributed by atoms with Crippen LogP contribution in [0.15, 0.2) is 0 Å². The number of nitrogens with zero attached hydrogens (tertiary/aromatic N) is 5. The number of esters is 3. The summed E-state index contributed by atoms with van der Waals surface area (Å²) >= 11 is 0. The largest absolute Gasteiger partial charge is 1.00 e. The Morgan fingerprint density at radius 3 is 0.907 bits per heavy atom. The second kappa shape index (κ2) is 18.2. The molecule has 0 aromatic heterocycles. The minimum atomic E-state index is -10.7. The second-order valence-electron chi connectivity index (χ2n) is 15.9. The zero-order chi connectivity index (χ0) is 42.0. The monoisotopic (exact) mass is 815 g/mol. The maximum atomic E-state index is 12.9. The first-order chi connectivity index (χ1) is 24.0. The van der Waals surface area contributed by atoms with E-state index in [4.69, 9.17) is 19.0 Å². The first kappa shape index (κ1) is 48.9. The molecule has 2 saturated heterocycles. The number of carbonyl (C=O) groups is 6. The molecule has 2 fully saturated rings. The molecule has 0 spiro atoms. The van der Waals surface area contributed by atoms with Crippen LogP contribution in [0, 0.1) is 0 Å². The van der Waals surface area contributed by atoms with Gasteiger partial charge in [-0.05, 0) is 62.3 Å². The van der Waals surface area contributed by atoms with E-state index in [1.165, 1.54) is 0 Å². The number of hydrogen-bond donors (Lipinski definition) is 0. The van der Waals surface area contributed by atoms with Crippen molar-refractivity contribution < 1.29 is 74.4 Å². The SMILES string of the molecule is CC(C)(C)OC(=O)CN1CCN(CC(=O)ON2C(=O)CCC2=O)CCN(CC(=O)OC(C)(C)C)CCN(CC(=O)OC(C)(C)C)CC1.F[P-](F)(F)(F)(F)F.[H+]. The molecule has 0 atom stereocenters. The standard InChI is InChI=1S/C32H55N5O10.F6P/c1-30(2,3)44-26(40)20-33-12-14-34(21-27(41)45-31(4,5)6)16-18-36(23-29(43)47-37-24(38)10-11-25(37)39)19-17-35(15-13-33)22-28(42)46-32(7,8)9;1-7(2,3,4,5)6/h10-23H2,1-9H3;/q;-1/p+1. The Balaban J connectivity index is 0.00000331. The van der Waals surface area contributed by atoms with Crippen molar-refractivity contribution in [1.29, 1.82) is 0 Å². The van der Waals surface area contributed by atoms with Gasteiger partial charge in [-0.2, -0.15) is 0 Å². The van der Waals surface area contributed by atoms with Crippen molar-refractivity contribution >= 4 is 43.5 Å². The second-order valence-corrected chi connectivity index (χ2v) is 17.8. The molecule has 54 heavy (non-hydrogen) atoms. The van der Waals surface area contributed by atoms with Crippen LogP contribution in [0.4, 0.5) is 25.2 Å². The van der Waals surface area contributed by atoms with Crippen molar-refractivity contribution in [3.8, 4) is 0 Å². The van der Waals surface area contributed by atoms with E-state index < -0.39 is 54.3 Å². The predicted octanol–water partition coefficient (Wildman–Crippen LogP) is 4.34. The number of ether oxygens (including phenoxy) is 3. The van der Waals surface area contributed by atoms with Crippen LogP contribution in [-0.4, -0.2) is 156 Å². The van der Waals surface area contributed by atoms with Crippen LogP contribution < -0.4 is 0 Å². The van der Waals surface area contributed by atoms with Gasteiger partial charge < -0.3 is 19.0 Å². The third-order valence-corrected chi connectivity index (χ3v) is 6.80. The zero-order valence-electron chi connectivity index (χ0n) is 33.4. The van der Waals surface area contributed by atoms with Gasteiger partial charge in [-0.3, -0.25) is 43.6 Å². The van der Waals surface area contributed by atoms with Crippen molar-refractivity contribution in [2.75, 3.05) is 78.5 Å². The smallest absolute Gasteiger partial charge is 1.00 e. The van der Waals surface area contributed by atoms with E-state index in [1.54, 1.807) is 67.2 Å². The van der Waals surface area contributed by atoms with Gasteiger partial charge in [-0.15, -0.1) is 5.06 Å². The van der Waals surface area contributed by atoms with Crippen LogP contribution in [0.2, 0.25) is 0 Å². The summed E-state index contributed by atoms with van der Waals surface area (Å²) in [7, 11) is -10.7. The van der Waals surface area contributed by atoms with E-state index in [0.29, 0.717) is 57.4 Å². The summed E-state index contributed by atoms with van der Waals surface area (Å²) in [6, 6.07) is 0. The fourth-order valence-electron chi connectivity index (χ4n) is 4.85. The fraction of sp³-hybridized carbons (Fsp3) is 0.812. The molecule has 22 heteroatoms. The molecule has 0 unspecified atom stereocenters. The van der Waals surface area contributed by atoms with Crippen LogP contribution in [-0.2, 0) is 47.8 Å². The van der Waals surface area contributed by atoms with Crippen molar-refractivity contribution in [3.63, 3.8) is 0 Å². The number of imide groups is 1. The molecule has 0 saturated carbocycles. The zero-order valence-corrected chi connectivity index (χ0v) is 33.3. The Labute approximate surface area is 313 Å². The maximum absolute atomic E-state index is 12.9. The van der Waals surface area contributed by atoms with Gasteiger partial charge in [0.1, 0.15) is 16.8 Å². The van der Waals surface area contributed by atoms with Crippen molar-refractivity contribution in [1.82, 2.24) is 24.7 Å². The summed E-state index contributed by atoms with van der Waals surface area (Å²) in [5.74, 6) is -3.13. The maximum Gasteiger partial charge on any atom is 1.00 e. The van der Waals surface area contributed by atoms with E-state index in [-0.39, 0.29) is 46.4 Å². The summed E-state index contributed by atoms with van der Waals surface area (Å²) in [6.45, 7) is 18.8. The minimum Gasteiger partial charge on any atom is 1.00 e. The van der Waals surface area contributed by atoms with Gasteiger partial charge in [0.15, 0.2) is 0 Å². The van der Waals surface area contributed by atoms with Crippen molar-refractivity contribution in [2.24, 2.45) is 0 Å². The summed E-state index contributed by atoms with van der Waals surface area (Å²) < 4.78 is 75.9. The number of rotatable bonds is 9. The molecule has 0 N–H and O–H groups in total. The molecular weight excluding hydrogens is 759 g/mol. The average Bonchev–Trinajstić information content (AvgIpc) is 3.21. The molecule has 2 amide bonds. The molecule has 2 heterocycles. The molecule has 15 nitrogen and oxygen atoms in total. The molecule has 2 aliphatic heterocycles. The first-order valence-corrected chi connectivity index (χ1v) is 19.2. The van der Waals surface area contributed by atoms with Crippen molar-refractivity contribution in [2.45, 2.75) is 92.0 Å². The topological polar surface area (TPSA) is 156 Å². The van der Waals surface area contributed by atoms with Crippen LogP contribution in [0.3, 0.4) is 0 Å². The van der Waals surface area contributed by atoms with Crippen LogP contribution in [0.5, 0.6) is 0 Å². The molecule has 0 aromatic carbocycles.